The first-order valence-electron chi connectivity index (χ1n) is 6.20. The average Bonchev–Trinajstić information content (AvgIpc) is 2.76. The summed E-state index contributed by atoms with van der Waals surface area (Å²) in [4.78, 5) is 11.5. The molecule has 1 heterocycles. The second-order valence-corrected chi connectivity index (χ2v) is 4.15. The molecular weight excluding hydrogens is 188 g/mol. The quantitative estimate of drug-likeness (QED) is 0.572. The summed E-state index contributed by atoms with van der Waals surface area (Å²) in [5.41, 5.74) is 0. The monoisotopic (exact) mass is 210 g/mol. The van der Waals surface area contributed by atoms with Gasteiger partial charge in [0.1, 0.15) is 0 Å². The Morgan fingerprint density at radius 1 is 1.27 bits per heavy atom. The molecule has 2 nitrogen and oxygen atoms in total. The minimum atomic E-state index is 0.197. The van der Waals surface area contributed by atoms with Gasteiger partial charge >= 0.3 is 0 Å². The van der Waals surface area contributed by atoms with Crippen molar-refractivity contribution < 1.29 is 9.53 Å². The molecule has 0 spiro atoms. The maximum Gasteiger partial charge on any atom is 0.197 e. The molecule has 0 unspecified atom stereocenters. The minimum Gasteiger partial charge on any atom is -0.490 e. The van der Waals surface area contributed by atoms with Gasteiger partial charge < -0.3 is 4.74 Å². The Balaban J connectivity index is 1.97. The fourth-order valence-electron chi connectivity index (χ4n) is 1.80. The molecule has 15 heavy (non-hydrogen) atoms. The van der Waals surface area contributed by atoms with Gasteiger partial charge in [-0.1, -0.05) is 39.0 Å². The SMILES string of the molecule is CCCCCCCCC(=O)C1=CCCO1. The van der Waals surface area contributed by atoms with Crippen molar-refractivity contribution in [2.24, 2.45) is 0 Å². The van der Waals surface area contributed by atoms with Gasteiger partial charge in [-0.2, -0.15) is 0 Å². The van der Waals surface area contributed by atoms with Gasteiger partial charge in [0, 0.05) is 12.8 Å². The molecule has 0 saturated carbocycles. The highest BCUT2D eigenvalue weighted by atomic mass is 16.5. The number of hydrogen-bond donors (Lipinski definition) is 0. The number of Topliss-reactive ketones (excluding diaryl/α,β-unsaturated/α-hetero) is 1. The van der Waals surface area contributed by atoms with Crippen LogP contribution in [-0.4, -0.2) is 12.4 Å². The van der Waals surface area contributed by atoms with E-state index in [0.29, 0.717) is 18.8 Å². The number of ether oxygens (including phenoxy) is 1. The van der Waals surface area contributed by atoms with Crippen molar-refractivity contribution >= 4 is 5.78 Å². The Bertz CT molecular complexity index is 219. The molecule has 0 aliphatic carbocycles. The molecule has 1 aliphatic rings. The molecule has 0 aromatic heterocycles. The highest BCUT2D eigenvalue weighted by Crippen LogP contribution is 2.14. The van der Waals surface area contributed by atoms with E-state index in [1.54, 1.807) is 0 Å². The van der Waals surface area contributed by atoms with Crippen LogP contribution in [-0.2, 0) is 9.53 Å². The molecule has 0 bridgehead atoms. The van der Waals surface area contributed by atoms with E-state index in [4.69, 9.17) is 4.74 Å². The van der Waals surface area contributed by atoms with E-state index in [2.05, 4.69) is 6.92 Å². The van der Waals surface area contributed by atoms with E-state index < -0.39 is 0 Å². The summed E-state index contributed by atoms with van der Waals surface area (Å²) in [5.74, 6) is 0.812. The van der Waals surface area contributed by atoms with Crippen LogP contribution in [0.25, 0.3) is 0 Å². The third kappa shape index (κ3) is 5.01. The van der Waals surface area contributed by atoms with Gasteiger partial charge in [0.05, 0.1) is 6.61 Å². The summed E-state index contributed by atoms with van der Waals surface area (Å²) in [7, 11) is 0. The number of rotatable bonds is 8. The Morgan fingerprint density at radius 3 is 2.67 bits per heavy atom. The van der Waals surface area contributed by atoms with Crippen molar-refractivity contribution in [2.75, 3.05) is 6.61 Å². The summed E-state index contributed by atoms with van der Waals surface area (Å²) >= 11 is 0. The molecule has 2 heteroatoms. The standard InChI is InChI=1S/C13H22O2/c1-2-3-4-5-6-7-9-12(14)13-10-8-11-15-13/h10H,2-9,11H2,1H3. The second-order valence-electron chi connectivity index (χ2n) is 4.15. The van der Waals surface area contributed by atoms with Crippen molar-refractivity contribution in [1.29, 1.82) is 0 Å². The third-order valence-corrected chi connectivity index (χ3v) is 2.74. The van der Waals surface area contributed by atoms with Crippen molar-refractivity contribution in [1.82, 2.24) is 0 Å². The van der Waals surface area contributed by atoms with Crippen LogP contribution in [0.3, 0.4) is 0 Å². The zero-order valence-electron chi connectivity index (χ0n) is 9.76. The number of carbonyl (C=O) groups excluding carboxylic acids is 1. The summed E-state index contributed by atoms with van der Waals surface area (Å²) in [6.07, 6.45) is 10.9. The number of ketones is 1. The van der Waals surface area contributed by atoms with Crippen LogP contribution < -0.4 is 0 Å². The first-order chi connectivity index (χ1) is 7.34. The van der Waals surface area contributed by atoms with Gasteiger partial charge in [0.25, 0.3) is 0 Å². The van der Waals surface area contributed by atoms with Crippen molar-refractivity contribution in [3.05, 3.63) is 11.8 Å². The van der Waals surface area contributed by atoms with Crippen LogP contribution in [0.1, 0.15) is 58.3 Å². The number of hydrogen-bond acceptors (Lipinski definition) is 2. The first-order valence-corrected chi connectivity index (χ1v) is 6.20. The number of carbonyl (C=O) groups is 1. The molecule has 1 aliphatic heterocycles. The Morgan fingerprint density at radius 2 is 2.00 bits per heavy atom. The predicted molar refractivity (Wildman–Crippen MR) is 61.7 cm³/mol. The Hall–Kier alpha value is -0.790. The summed E-state index contributed by atoms with van der Waals surface area (Å²) in [5, 5.41) is 0. The largest absolute Gasteiger partial charge is 0.490 e. The normalized spacial score (nSPS) is 14.9. The van der Waals surface area contributed by atoms with Crippen LogP contribution >= 0.6 is 0 Å². The summed E-state index contributed by atoms with van der Waals surface area (Å²) < 4.78 is 5.22. The Labute approximate surface area is 92.7 Å². The summed E-state index contributed by atoms with van der Waals surface area (Å²) in [6, 6.07) is 0. The molecular formula is C13H22O2. The van der Waals surface area contributed by atoms with Gasteiger partial charge in [0.2, 0.25) is 0 Å². The minimum absolute atomic E-state index is 0.197. The molecule has 1 rings (SSSR count). The van der Waals surface area contributed by atoms with Crippen molar-refractivity contribution in [3.63, 3.8) is 0 Å². The van der Waals surface area contributed by atoms with Crippen LogP contribution in [0.2, 0.25) is 0 Å². The van der Waals surface area contributed by atoms with Crippen LogP contribution in [0.15, 0.2) is 11.8 Å². The molecule has 86 valence electrons. The summed E-state index contributed by atoms with van der Waals surface area (Å²) in [6.45, 7) is 2.91. The van der Waals surface area contributed by atoms with E-state index in [1.807, 2.05) is 6.08 Å². The lowest BCUT2D eigenvalue weighted by Crippen LogP contribution is -2.02. The second kappa shape index (κ2) is 7.49. The van der Waals surface area contributed by atoms with Crippen molar-refractivity contribution in [2.45, 2.75) is 58.3 Å². The van der Waals surface area contributed by atoms with Gasteiger partial charge in [-0.15, -0.1) is 0 Å². The van der Waals surface area contributed by atoms with E-state index >= 15 is 0 Å². The number of unbranched alkanes of at least 4 members (excludes halogenated alkanes) is 5. The average molecular weight is 210 g/mol. The molecule has 0 aromatic carbocycles. The molecule has 0 N–H and O–H groups in total. The molecule has 0 radical (unpaired) electrons. The topological polar surface area (TPSA) is 26.3 Å². The predicted octanol–water partition coefficient (Wildman–Crippen LogP) is 3.61. The smallest absolute Gasteiger partial charge is 0.197 e. The molecule has 0 atom stereocenters. The van der Waals surface area contributed by atoms with Crippen LogP contribution in [0, 0.1) is 0 Å². The third-order valence-electron chi connectivity index (χ3n) is 2.74. The van der Waals surface area contributed by atoms with Crippen molar-refractivity contribution in [3.8, 4) is 0 Å². The lowest BCUT2D eigenvalue weighted by atomic mass is 10.1. The van der Waals surface area contributed by atoms with Gasteiger partial charge in [-0.05, 0) is 12.5 Å². The van der Waals surface area contributed by atoms with E-state index in [0.717, 1.165) is 12.8 Å². The number of allylic oxidation sites excluding steroid dienone is 1. The first kappa shape index (κ1) is 12.3. The zero-order chi connectivity index (χ0) is 10.9. The van der Waals surface area contributed by atoms with Gasteiger partial charge in [0.15, 0.2) is 11.5 Å². The fourth-order valence-corrected chi connectivity index (χ4v) is 1.80. The lowest BCUT2D eigenvalue weighted by molar-refractivity contribution is -0.118. The molecule has 0 aromatic rings. The van der Waals surface area contributed by atoms with Crippen LogP contribution in [0.4, 0.5) is 0 Å². The Kier molecular flexibility index (Phi) is 6.14. The maximum absolute atomic E-state index is 11.5. The van der Waals surface area contributed by atoms with E-state index in [1.165, 1.54) is 32.1 Å². The van der Waals surface area contributed by atoms with Gasteiger partial charge in [-0.25, -0.2) is 0 Å². The fraction of sp³-hybridized carbons (Fsp3) is 0.769. The highest BCUT2D eigenvalue weighted by Gasteiger charge is 2.13. The molecule has 0 saturated heterocycles. The van der Waals surface area contributed by atoms with Gasteiger partial charge in [-0.3, -0.25) is 4.79 Å². The lowest BCUT2D eigenvalue weighted by Gasteiger charge is -2.02. The van der Waals surface area contributed by atoms with E-state index in [-0.39, 0.29) is 5.78 Å². The zero-order valence-corrected chi connectivity index (χ0v) is 9.76. The maximum atomic E-state index is 11.5. The molecule has 0 amide bonds. The van der Waals surface area contributed by atoms with E-state index in [9.17, 15) is 4.79 Å². The molecule has 0 fully saturated rings. The van der Waals surface area contributed by atoms with Crippen LogP contribution in [0.5, 0.6) is 0 Å². The highest BCUT2D eigenvalue weighted by molar-refractivity contribution is 5.93.